The standard InChI is InChI=1S/C2H6BN4S2/c4-1(8)6-3-7-2(5)9/h(H3,4,6,8)(H3,5,7,9). The fourth-order valence-corrected chi connectivity index (χ4v) is 0.296. The molecule has 7 heteroatoms. The summed E-state index contributed by atoms with van der Waals surface area (Å²) >= 11 is 8.92. The average molecular weight is 161 g/mol. The van der Waals surface area contributed by atoms with Gasteiger partial charge in [0.15, 0.2) is 10.2 Å². The molecule has 0 fully saturated rings. The first-order valence-electron chi connectivity index (χ1n) is 2.06. The van der Waals surface area contributed by atoms with Crippen LogP contribution in [0, 0.1) is 0 Å². The molecule has 0 atom stereocenters. The van der Waals surface area contributed by atoms with Crippen molar-refractivity contribution in [3.8, 4) is 0 Å². The topological polar surface area (TPSA) is 76.1 Å². The minimum Gasteiger partial charge on any atom is -0.390 e. The normalized spacial score (nSPS) is 7.56. The molecule has 0 rings (SSSR count). The van der Waals surface area contributed by atoms with Gasteiger partial charge in [0.05, 0.1) is 0 Å². The number of nitrogens with two attached hydrogens (primary N) is 2. The molecule has 1 radical (unpaired) electrons. The van der Waals surface area contributed by atoms with Crippen molar-refractivity contribution in [2.24, 2.45) is 11.5 Å². The van der Waals surface area contributed by atoms with Gasteiger partial charge in [-0.05, 0) is 24.4 Å². The Labute approximate surface area is 64.6 Å². The van der Waals surface area contributed by atoms with E-state index in [0.717, 1.165) is 0 Å². The maximum atomic E-state index is 5.04. The van der Waals surface area contributed by atoms with Crippen LogP contribution >= 0.6 is 24.4 Å². The van der Waals surface area contributed by atoms with Crippen molar-refractivity contribution in [1.29, 1.82) is 0 Å². The molecule has 9 heavy (non-hydrogen) atoms. The first kappa shape index (κ1) is 8.44. The van der Waals surface area contributed by atoms with Gasteiger partial charge in [-0.3, -0.25) is 0 Å². The number of hydrogen-bond donors (Lipinski definition) is 4. The van der Waals surface area contributed by atoms with Crippen LogP contribution < -0.4 is 21.9 Å². The highest BCUT2D eigenvalue weighted by Crippen LogP contribution is 1.53. The Hall–Kier alpha value is -0.555. The monoisotopic (exact) mass is 161 g/mol. The van der Waals surface area contributed by atoms with E-state index < -0.39 is 0 Å². The van der Waals surface area contributed by atoms with Crippen LogP contribution in [0.2, 0.25) is 0 Å². The predicted octanol–water partition coefficient (Wildman–Crippen LogP) is -1.81. The molecule has 0 aromatic heterocycles. The van der Waals surface area contributed by atoms with Gasteiger partial charge in [-0.25, -0.2) is 0 Å². The summed E-state index contributed by atoms with van der Waals surface area (Å²) in [6.45, 7) is 0. The van der Waals surface area contributed by atoms with Crippen LogP contribution in [-0.4, -0.2) is 17.8 Å². The quantitative estimate of drug-likeness (QED) is 0.282. The smallest absolute Gasteiger partial charge is 0.389 e. The first-order valence-corrected chi connectivity index (χ1v) is 2.88. The molecular weight excluding hydrogens is 155 g/mol. The van der Waals surface area contributed by atoms with Gasteiger partial charge in [-0.1, -0.05) is 0 Å². The van der Waals surface area contributed by atoms with Gasteiger partial charge >= 0.3 is 7.55 Å². The van der Waals surface area contributed by atoms with Crippen LogP contribution in [0.4, 0.5) is 0 Å². The maximum absolute atomic E-state index is 5.04. The highest BCUT2D eigenvalue weighted by atomic mass is 32.1. The van der Waals surface area contributed by atoms with Gasteiger partial charge in [0.25, 0.3) is 0 Å². The minimum absolute atomic E-state index is 0.166. The molecule has 0 bridgehead atoms. The van der Waals surface area contributed by atoms with Crippen LogP contribution in [0.25, 0.3) is 0 Å². The average Bonchev–Trinajstić information content (AvgIpc) is 1.63. The molecule has 0 amide bonds. The Morgan fingerprint density at radius 2 is 1.44 bits per heavy atom. The molecule has 0 aliphatic carbocycles. The van der Waals surface area contributed by atoms with Gasteiger partial charge < -0.3 is 21.9 Å². The van der Waals surface area contributed by atoms with Crippen molar-refractivity contribution < 1.29 is 0 Å². The Morgan fingerprint density at radius 1 is 1.11 bits per heavy atom. The van der Waals surface area contributed by atoms with E-state index >= 15 is 0 Å². The third kappa shape index (κ3) is 7.44. The first-order chi connectivity index (χ1) is 4.13. The third-order valence-electron chi connectivity index (χ3n) is 0.429. The maximum Gasteiger partial charge on any atom is 0.389 e. The number of thiocarbonyl (C=S) groups is 2. The van der Waals surface area contributed by atoms with E-state index in [4.69, 9.17) is 11.5 Å². The summed E-state index contributed by atoms with van der Waals surface area (Å²) in [4.78, 5) is 0. The molecule has 0 aromatic rings. The van der Waals surface area contributed by atoms with Crippen LogP contribution in [0.1, 0.15) is 0 Å². The van der Waals surface area contributed by atoms with E-state index in [1.54, 1.807) is 0 Å². The summed E-state index contributed by atoms with van der Waals surface area (Å²) in [7, 11) is 1.37. The van der Waals surface area contributed by atoms with Crippen LogP contribution in [-0.2, 0) is 0 Å². The lowest BCUT2D eigenvalue weighted by Gasteiger charge is -2.00. The number of rotatable bonds is 2. The van der Waals surface area contributed by atoms with E-state index in [-0.39, 0.29) is 10.2 Å². The summed E-state index contributed by atoms with van der Waals surface area (Å²) in [6, 6.07) is 0. The van der Waals surface area contributed by atoms with Gasteiger partial charge in [0.2, 0.25) is 0 Å². The lowest BCUT2D eigenvalue weighted by molar-refractivity contribution is 1.33. The summed E-state index contributed by atoms with van der Waals surface area (Å²) < 4.78 is 0. The summed E-state index contributed by atoms with van der Waals surface area (Å²) in [5, 5.41) is 5.30. The molecule has 4 nitrogen and oxygen atoms in total. The van der Waals surface area contributed by atoms with Gasteiger partial charge in [-0.15, -0.1) is 0 Å². The van der Waals surface area contributed by atoms with Crippen molar-refractivity contribution in [2.75, 3.05) is 0 Å². The highest BCUT2D eigenvalue weighted by Gasteiger charge is 1.90. The summed E-state index contributed by atoms with van der Waals surface area (Å²) in [5.41, 5.74) is 10.1. The Balaban J connectivity index is 3.10. The van der Waals surface area contributed by atoms with Crippen molar-refractivity contribution in [1.82, 2.24) is 10.5 Å². The minimum atomic E-state index is 0.166. The molecule has 0 heterocycles. The lowest BCUT2D eigenvalue weighted by atomic mass is 10.2. The molecule has 0 unspecified atom stereocenters. The zero-order chi connectivity index (χ0) is 7.28. The molecule has 49 valence electrons. The van der Waals surface area contributed by atoms with Gasteiger partial charge in [0.1, 0.15) is 0 Å². The fourth-order valence-electron chi connectivity index (χ4n) is 0.178. The van der Waals surface area contributed by atoms with E-state index in [1.165, 1.54) is 7.55 Å². The second-order valence-electron chi connectivity index (χ2n) is 1.16. The molecule has 0 aliphatic rings. The zero-order valence-corrected chi connectivity index (χ0v) is 6.18. The predicted molar refractivity (Wildman–Crippen MR) is 45.6 cm³/mol. The van der Waals surface area contributed by atoms with Crippen LogP contribution in [0.15, 0.2) is 0 Å². The van der Waals surface area contributed by atoms with E-state index in [1.807, 2.05) is 0 Å². The van der Waals surface area contributed by atoms with Crippen molar-refractivity contribution in [3.05, 3.63) is 0 Å². The van der Waals surface area contributed by atoms with Crippen LogP contribution in [0.3, 0.4) is 0 Å². The highest BCUT2D eigenvalue weighted by molar-refractivity contribution is 7.80. The lowest BCUT2D eigenvalue weighted by Crippen LogP contribution is -2.44. The molecule has 0 saturated carbocycles. The van der Waals surface area contributed by atoms with Crippen molar-refractivity contribution in [2.45, 2.75) is 0 Å². The third-order valence-corrected chi connectivity index (χ3v) is 0.665. The van der Waals surface area contributed by atoms with Gasteiger partial charge in [-0.2, -0.15) is 0 Å². The van der Waals surface area contributed by atoms with Crippen molar-refractivity contribution >= 4 is 42.2 Å². The summed E-state index contributed by atoms with van der Waals surface area (Å²) in [5.74, 6) is 0. The molecule has 0 spiro atoms. The summed E-state index contributed by atoms with van der Waals surface area (Å²) in [6.07, 6.45) is 0. The molecular formula is C2H6BN4S2. The van der Waals surface area contributed by atoms with E-state index in [9.17, 15) is 0 Å². The van der Waals surface area contributed by atoms with E-state index in [2.05, 4.69) is 34.9 Å². The molecule has 0 aliphatic heterocycles. The van der Waals surface area contributed by atoms with Crippen molar-refractivity contribution in [3.63, 3.8) is 0 Å². The molecule has 6 N–H and O–H groups in total. The number of nitrogens with one attached hydrogen (secondary N) is 2. The zero-order valence-electron chi connectivity index (χ0n) is 4.55. The Kier molecular flexibility index (Phi) is 4.07. The van der Waals surface area contributed by atoms with Crippen LogP contribution in [0.5, 0.6) is 0 Å². The second kappa shape index (κ2) is 4.34. The fraction of sp³-hybridized carbons (Fsp3) is 0. The van der Waals surface area contributed by atoms with E-state index in [0.29, 0.717) is 0 Å². The van der Waals surface area contributed by atoms with Gasteiger partial charge in [0, 0.05) is 0 Å². The second-order valence-corrected chi connectivity index (χ2v) is 2.04. The molecule has 0 aromatic carbocycles. The SMILES string of the molecule is NC(=S)N[B]NC(N)=S. The Bertz CT molecular complexity index is 112. The largest absolute Gasteiger partial charge is 0.390 e. The molecule has 0 saturated heterocycles. The number of hydrogen-bond acceptors (Lipinski definition) is 2. The Morgan fingerprint density at radius 3 is 1.67 bits per heavy atom.